The third-order valence-electron chi connectivity index (χ3n) is 6.71. The van der Waals surface area contributed by atoms with Crippen molar-refractivity contribution in [1.82, 2.24) is 9.97 Å². The number of ether oxygens (including phenoxy) is 2. The predicted octanol–water partition coefficient (Wildman–Crippen LogP) is 3.80. The van der Waals surface area contributed by atoms with Crippen LogP contribution >= 0.6 is 0 Å². The van der Waals surface area contributed by atoms with Gasteiger partial charge in [0, 0.05) is 12.4 Å². The fourth-order valence-corrected chi connectivity index (χ4v) is 4.49. The molecule has 2 aliphatic heterocycles. The Morgan fingerprint density at radius 2 is 1.57 bits per heavy atom. The zero-order valence-corrected chi connectivity index (χ0v) is 17.1. The van der Waals surface area contributed by atoms with E-state index in [1.165, 1.54) is 12.8 Å². The number of Topliss-reactive ketones (excluding diaryl/α,β-unsaturated/α-hetero) is 1. The van der Waals surface area contributed by atoms with E-state index in [1.54, 1.807) is 18.5 Å². The van der Waals surface area contributed by atoms with Crippen LogP contribution in [0.2, 0.25) is 0 Å². The Hall–Kier alpha value is -2.15. The average Bonchev–Trinajstić information content (AvgIpc) is 3.63. The summed E-state index contributed by atoms with van der Waals surface area (Å²) in [7, 11) is 0. The first-order chi connectivity index (χ1) is 14.6. The number of rotatable bonds is 4. The molecule has 0 amide bonds. The third kappa shape index (κ3) is 4.17. The standard InChI is InChI=1S/C12H15NO2.C12H13NO2/c2*14-11(9-3-1-2-8-13-9)10-4-5-12(15-10)6-7-12/h1-3,8,10-11,14H,4-7H2;1-3,8,10H,4-7H2/t10-,11?;10-/m11/s1. The fourth-order valence-electron chi connectivity index (χ4n) is 4.49. The number of aliphatic hydroxyl groups is 1. The fraction of sp³-hybridized carbons (Fsp3) is 0.542. The van der Waals surface area contributed by atoms with E-state index >= 15 is 0 Å². The van der Waals surface area contributed by atoms with Crippen LogP contribution in [0.25, 0.3) is 0 Å². The molecular formula is C24H28N2O4. The van der Waals surface area contributed by atoms with Gasteiger partial charge in [-0.15, -0.1) is 0 Å². The van der Waals surface area contributed by atoms with Crippen LogP contribution in [0.3, 0.4) is 0 Å². The van der Waals surface area contributed by atoms with Gasteiger partial charge < -0.3 is 14.6 Å². The lowest BCUT2D eigenvalue weighted by Crippen LogP contribution is -2.22. The van der Waals surface area contributed by atoms with Crippen molar-refractivity contribution in [3.8, 4) is 0 Å². The number of aromatic nitrogens is 2. The van der Waals surface area contributed by atoms with Gasteiger partial charge in [0.25, 0.3) is 0 Å². The highest BCUT2D eigenvalue weighted by Crippen LogP contribution is 2.51. The lowest BCUT2D eigenvalue weighted by Gasteiger charge is -2.18. The molecule has 2 aromatic rings. The van der Waals surface area contributed by atoms with Gasteiger partial charge in [0.15, 0.2) is 0 Å². The molecule has 30 heavy (non-hydrogen) atoms. The number of aliphatic hydroxyl groups excluding tert-OH is 1. The van der Waals surface area contributed by atoms with Gasteiger partial charge in [0.05, 0.1) is 23.0 Å². The van der Waals surface area contributed by atoms with E-state index in [0.717, 1.165) is 44.2 Å². The molecular weight excluding hydrogens is 380 g/mol. The Morgan fingerprint density at radius 3 is 2.13 bits per heavy atom. The SMILES string of the molecule is O=C(c1ccccn1)[C@H]1CCC2(CC2)O1.OC(c1ccccn1)[C@H]1CCC2(CC2)O1. The van der Waals surface area contributed by atoms with Crippen LogP contribution in [-0.4, -0.2) is 44.3 Å². The van der Waals surface area contributed by atoms with Crippen LogP contribution in [0.4, 0.5) is 0 Å². The molecule has 0 aromatic carbocycles. The van der Waals surface area contributed by atoms with Crippen LogP contribution in [0.5, 0.6) is 0 Å². The molecule has 6 nitrogen and oxygen atoms in total. The van der Waals surface area contributed by atoms with E-state index < -0.39 is 6.10 Å². The second kappa shape index (κ2) is 7.84. The summed E-state index contributed by atoms with van der Waals surface area (Å²) in [5.41, 5.74) is 1.47. The normalized spacial score (nSPS) is 28.0. The molecule has 0 radical (unpaired) electrons. The van der Waals surface area contributed by atoms with E-state index in [2.05, 4.69) is 9.97 Å². The predicted molar refractivity (Wildman–Crippen MR) is 110 cm³/mol. The zero-order chi connectivity index (χ0) is 20.6. The zero-order valence-electron chi connectivity index (χ0n) is 17.1. The summed E-state index contributed by atoms with van der Waals surface area (Å²) in [5, 5.41) is 10.1. The molecule has 4 heterocycles. The maximum absolute atomic E-state index is 12.0. The molecule has 6 heteroatoms. The van der Waals surface area contributed by atoms with Crippen molar-refractivity contribution in [2.45, 2.75) is 80.9 Å². The van der Waals surface area contributed by atoms with Crippen molar-refractivity contribution in [2.75, 3.05) is 0 Å². The number of hydrogen-bond donors (Lipinski definition) is 1. The molecule has 2 spiro atoms. The number of ketones is 1. The summed E-state index contributed by atoms with van der Waals surface area (Å²) >= 11 is 0. The molecule has 1 unspecified atom stereocenters. The molecule has 4 aliphatic rings. The topological polar surface area (TPSA) is 81.5 Å². The Labute approximate surface area is 176 Å². The van der Waals surface area contributed by atoms with Gasteiger partial charge >= 0.3 is 0 Å². The maximum atomic E-state index is 12.0. The Kier molecular flexibility index (Phi) is 5.17. The van der Waals surface area contributed by atoms with Gasteiger partial charge in [0.1, 0.15) is 17.9 Å². The minimum absolute atomic E-state index is 0.0411. The van der Waals surface area contributed by atoms with Gasteiger partial charge in [0.2, 0.25) is 5.78 Å². The Balaban J connectivity index is 0.000000128. The molecule has 3 atom stereocenters. The van der Waals surface area contributed by atoms with Gasteiger partial charge in [-0.1, -0.05) is 12.1 Å². The Bertz CT molecular complexity index is 881. The molecule has 1 N–H and O–H groups in total. The van der Waals surface area contributed by atoms with E-state index in [-0.39, 0.29) is 29.2 Å². The summed E-state index contributed by atoms with van der Waals surface area (Å²) in [4.78, 5) is 20.2. The van der Waals surface area contributed by atoms with E-state index in [9.17, 15) is 9.90 Å². The molecule has 2 aromatic heterocycles. The van der Waals surface area contributed by atoms with E-state index in [1.807, 2.05) is 30.3 Å². The number of pyridine rings is 2. The first-order valence-corrected chi connectivity index (χ1v) is 11.0. The van der Waals surface area contributed by atoms with Crippen molar-refractivity contribution in [3.05, 3.63) is 60.2 Å². The molecule has 158 valence electrons. The number of carbonyl (C=O) groups excluding carboxylic acids is 1. The Morgan fingerprint density at radius 1 is 0.900 bits per heavy atom. The first-order valence-electron chi connectivity index (χ1n) is 11.0. The highest BCUT2D eigenvalue weighted by atomic mass is 16.5. The van der Waals surface area contributed by atoms with Crippen LogP contribution in [-0.2, 0) is 9.47 Å². The van der Waals surface area contributed by atoms with Crippen molar-refractivity contribution >= 4 is 5.78 Å². The van der Waals surface area contributed by atoms with Gasteiger partial charge in [-0.05, 0) is 75.6 Å². The number of hydrogen-bond acceptors (Lipinski definition) is 6. The van der Waals surface area contributed by atoms with Crippen LogP contribution in [0.1, 0.15) is 73.7 Å². The monoisotopic (exact) mass is 408 g/mol. The quantitative estimate of drug-likeness (QED) is 0.775. The van der Waals surface area contributed by atoms with Crippen molar-refractivity contribution in [1.29, 1.82) is 0 Å². The van der Waals surface area contributed by atoms with Crippen molar-refractivity contribution in [3.63, 3.8) is 0 Å². The molecule has 2 aliphatic carbocycles. The number of carbonyl (C=O) groups is 1. The van der Waals surface area contributed by atoms with Gasteiger partial charge in [-0.2, -0.15) is 0 Å². The molecule has 4 fully saturated rings. The minimum Gasteiger partial charge on any atom is -0.384 e. The average molecular weight is 408 g/mol. The summed E-state index contributed by atoms with van der Waals surface area (Å²) in [5.74, 6) is 0.0411. The maximum Gasteiger partial charge on any atom is 0.209 e. The summed E-state index contributed by atoms with van der Waals surface area (Å²) in [6.45, 7) is 0. The molecule has 2 saturated carbocycles. The lowest BCUT2D eigenvalue weighted by molar-refractivity contribution is -0.0472. The van der Waals surface area contributed by atoms with Gasteiger partial charge in [-0.25, -0.2) is 0 Å². The highest BCUT2D eigenvalue weighted by Gasteiger charge is 2.52. The first kappa shape index (κ1) is 19.8. The summed E-state index contributed by atoms with van der Waals surface area (Å²) in [6.07, 6.45) is 11.0. The largest absolute Gasteiger partial charge is 0.384 e. The van der Waals surface area contributed by atoms with E-state index in [0.29, 0.717) is 5.69 Å². The molecule has 6 rings (SSSR count). The molecule has 2 saturated heterocycles. The number of nitrogens with zero attached hydrogens (tertiary/aromatic N) is 2. The second-order valence-corrected chi connectivity index (χ2v) is 8.98. The molecule has 0 bridgehead atoms. The smallest absolute Gasteiger partial charge is 0.209 e. The van der Waals surface area contributed by atoms with Crippen molar-refractivity contribution in [2.24, 2.45) is 0 Å². The highest BCUT2D eigenvalue weighted by molar-refractivity contribution is 5.97. The second-order valence-electron chi connectivity index (χ2n) is 8.98. The minimum atomic E-state index is -0.564. The van der Waals surface area contributed by atoms with Crippen LogP contribution < -0.4 is 0 Å². The van der Waals surface area contributed by atoms with E-state index in [4.69, 9.17) is 9.47 Å². The van der Waals surface area contributed by atoms with Gasteiger partial charge in [-0.3, -0.25) is 14.8 Å². The van der Waals surface area contributed by atoms with Crippen molar-refractivity contribution < 1.29 is 19.4 Å². The summed E-state index contributed by atoms with van der Waals surface area (Å²) in [6, 6.07) is 11.0. The lowest BCUT2D eigenvalue weighted by atomic mass is 10.1. The summed E-state index contributed by atoms with van der Waals surface area (Å²) < 4.78 is 11.7. The van der Waals surface area contributed by atoms with Crippen LogP contribution in [0.15, 0.2) is 48.8 Å². The van der Waals surface area contributed by atoms with Crippen LogP contribution in [0, 0.1) is 0 Å². The third-order valence-corrected chi connectivity index (χ3v) is 6.71.